The fourth-order valence-corrected chi connectivity index (χ4v) is 4.26. The van der Waals surface area contributed by atoms with E-state index in [4.69, 9.17) is 20.4 Å². The zero-order chi connectivity index (χ0) is 19.8. The number of amides is 1. The molecule has 0 saturated carbocycles. The topological polar surface area (TPSA) is 122 Å². The van der Waals surface area contributed by atoms with Crippen LogP contribution in [0, 0.1) is 0 Å². The van der Waals surface area contributed by atoms with Gasteiger partial charge in [0.2, 0.25) is 17.8 Å². The molecule has 10 nitrogen and oxygen atoms in total. The van der Waals surface area contributed by atoms with E-state index in [1.807, 2.05) is 0 Å². The molecular weight excluding hydrogens is 372 g/mol. The first kappa shape index (κ1) is 18.0. The maximum Gasteiger partial charge on any atom is 0.228 e. The summed E-state index contributed by atoms with van der Waals surface area (Å²) in [6.07, 6.45) is 5.67. The third-order valence-corrected chi connectivity index (χ3v) is 5.75. The summed E-state index contributed by atoms with van der Waals surface area (Å²) in [6, 6.07) is 0.160. The standard InChI is InChI=1S/C19H24N8O2/c20-18-22-10-12(11-23-18)16-14-2-4-27(13-1-3-21-15(28)9-13)17(14)25-19(24-16)26-5-7-29-8-6-26/h10-11,13H,1-9H2,(H,21,28)(H2,20,22,23)/t13-/m1/s1. The van der Waals surface area contributed by atoms with Crippen LogP contribution in [0.1, 0.15) is 18.4 Å². The van der Waals surface area contributed by atoms with Crippen LogP contribution in [0.2, 0.25) is 0 Å². The quantitative estimate of drug-likeness (QED) is 0.737. The van der Waals surface area contributed by atoms with Gasteiger partial charge in [-0.2, -0.15) is 4.98 Å². The molecule has 10 heteroatoms. The van der Waals surface area contributed by atoms with Gasteiger partial charge in [-0.1, -0.05) is 0 Å². The molecule has 0 aromatic carbocycles. The summed E-state index contributed by atoms with van der Waals surface area (Å²) in [5.74, 6) is 1.95. The number of rotatable bonds is 3. The molecule has 2 saturated heterocycles. The number of anilines is 3. The van der Waals surface area contributed by atoms with E-state index in [1.54, 1.807) is 12.4 Å². The van der Waals surface area contributed by atoms with Gasteiger partial charge in [0.05, 0.1) is 18.9 Å². The predicted octanol–water partition coefficient (Wildman–Crippen LogP) is -0.00650. The van der Waals surface area contributed by atoms with E-state index in [9.17, 15) is 4.79 Å². The second-order valence-corrected chi connectivity index (χ2v) is 7.54. The molecule has 5 heterocycles. The Morgan fingerprint density at radius 1 is 1.14 bits per heavy atom. The molecule has 0 radical (unpaired) electrons. The van der Waals surface area contributed by atoms with Gasteiger partial charge in [-0.3, -0.25) is 4.79 Å². The third-order valence-electron chi connectivity index (χ3n) is 5.75. The van der Waals surface area contributed by atoms with Gasteiger partial charge in [-0.25, -0.2) is 15.0 Å². The Kier molecular flexibility index (Phi) is 4.62. The largest absolute Gasteiger partial charge is 0.378 e. The number of fused-ring (bicyclic) bond motifs is 1. The highest BCUT2D eigenvalue weighted by Gasteiger charge is 2.34. The molecule has 3 N–H and O–H groups in total. The molecule has 2 aromatic rings. The molecule has 3 aliphatic rings. The molecule has 0 unspecified atom stereocenters. The number of aromatic nitrogens is 4. The van der Waals surface area contributed by atoms with Crippen molar-refractivity contribution in [1.82, 2.24) is 25.3 Å². The summed E-state index contributed by atoms with van der Waals surface area (Å²) in [5.41, 5.74) is 8.43. The van der Waals surface area contributed by atoms with Crippen molar-refractivity contribution in [1.29, 1.82) is 0 Å². The van der Waals surface area contributed by atoms with Crippen LogP contribution in [-0.2, 0) is 16.0 Å². The molecule has 2 aromatic heterocycles. The smallest absolute Gasteiger partial charge is 0.228 e. The van der Waals surface area contributed by atoms with Crippen molar-refractivity contribution in [2.45, 2.75) is 25.3 Å². The number of nitrogens with zero attached hydrogens (tertiary/aromatic N) is 6. The lowest BCUT2D eigenvalue weighted by Crippen LogP contribution is -2.45. The lowest BCUT2D eigenvalue weighted by atomic mass is 10.0. The number of carbonyl (C=O) groups is 1. The summed E-state index contributed by atoms with van der Waals surface area (Å²) >= 11 is 0. The molecule has 1 atom stereocenters. The van der Waals surface area contributed by atoms with Crippen molar-refractivity contribution in [2.24, 2.45) is 0 Å². The Hall–Kier alpha value is -3.01. The van der Waals surface area contributed by atoms with Crippen LogP contribution in [-0.4, -0.2) is 71.3 Å². The van der Waals surface area contributed by atoms with Gasteiger partial charge >= 0.3 is 0 Å². The van der Waals surface area contributed by atoms with Gasteiger partial charge in [0, 0.05) is 62.2 Å². The van der Waals surface area contributed by atoms with Crippen LogP contribution >= 0.6 is 0 Å². The number of morpholine rings is 1. The number of carbonyl (C=O) groups excluding carboxylic acids is 1. The van der Waals surface area contributed by atoms with Crippen molar-refractivity contribution >= 4 is 23.6 Å². The molecule has 0 aliphatic carbocycles. The van der Waals surface area contributed by atoms with Gasteiger partial charge in [0.15, 0.2) is 0 Å². The highest BCUT2D eigenvalue weighted by molar-refractivity contribution is 5.79. The van der Waals surface area contributed by atoms with E-state index in [0.717, 1.165) is 55.1 Å². The van der Waals surface area contributed by atoms with E-state index in [-0.39, 0.29) is 17.9 Å². The predicted molar refractivity (Wildman–Crippen MR) is 108 cm³/mol. The minimum absolute atomic E-state index is 0.101. The fraction of sp³-hybridized carbons (Fsp3) is 0.526. The molecule has 0 bridgehead atoms. The number of ether oxygens (including phenoxy) is 1. The number of nitrogen functional groups attached to an aromatic ring is 1. The van der Waals surface area contributed by atoms with Crippen LogP contribution < -0.4 is 20.9 Å². The van der Waals surface area contributed by atoms with Gasteiger partial charge < -0.3 is 25.6 Å². The average molecular weight is 396 g/mol. The maximum atomic E-state index is 12.0. The molecule has 5 rings (SSSR count). The van der Waals surface area contributed by atoms with Crippen LogP contribution in [0.25, 0.3) is 11.3 Å². The van der Waals surface area contributed by atoms with Crippen LogP contribution in [0.3, 0.4) is 0 Å². The number of nitrogens with two attached hydrogens (primary N) is 1. The summed E-state index contributed by atoms with van der Waals surface area (Å²) in [6.45, 7) is 4.36. The molecular formula is C19H24N8O2. The fourth-order valence-electron chi connectivity index (χ4n) is 4.26. The van der Waals surface area contributed by atoms with Crippen molar-refractivity contribution in [3.05, 3.63) is 18.0 Å². The first-order valence-corrected chi connectivity index (χ1v) is 10.0. The lowest BCUT2D eigenvalue weighted by molar-refractivity contribution is -0.122. The maximum absolute atomic E-state index is 12.0. The number of piperidine rings is 1. The van der Waals surface area contributed by atoms with Crippen molar-refractivity contribution in [3.8, 4) is 11.3 Å². The summed E-state index contributed by atoms with van der Waals surface area (Å²) in [5, 5.41) is 2.92. The summed E-state index contributed by atoms with van der Waals surface area (Å²) in [7, 11) is 0. The molecule has 1 amide bonds. The number of hydrogen-bond donors (Lipinski definition) is 2. The average Bonchev–Trinajstić information content (AvgIpc) is 3.18. The minimum Gasteiger partial charge on any atom is -0.378 e. The molecule has 3 aliphatic heterocycles. The Labute approximate surface area is 168 Å². The minimum atomic E-state index is 0.101. The van der Waals surface area contributed by atoms with Gasteiger partial charge in [-0.05, 0) is 12.8 Å². The van der Waals surface area contributed by atoms with Gasteiger partial charge in [0.25, 0.3) is 0 Å². The van der Waals surface area contributed by atoms with E-state index in [1.165, 1.54) is 0 Å². The Morgan fingerprint density at radius 2 is 1.93 bits per heavy atom. The Balaban J connectivity index is 1.58. The molecule has 29 heavy (non-hydrogen) atoms. The molecule has 0 spiro atoms. The zero-order valence-electron chi connectivity index (χ0n) is 16.2. The van der Waals surface area contributed by atoms with Crippen molar-refractivity contribution < 1.29 is 9.53 Å². The van der Waals surface area contributed by atoms with Crippen molar-refractivity contribution in [2.75, 3.05) is 54.9 Å². The second-order valence-electron chi connectivity index (χ2n) is 7.54. The summed E-state index contributed by atoms with van der Waals surface area (Å²) < 4.78 is 5.48. The van der Waals surface area contributed by atoms with E-state index >= 15 is 0 Å². The SMILES string of the molecule is Nc1ncc(-c2nc(N3CCOCC3)nc3c2CCN3[C@@H]2CCNC(=O)C2)cn1. The number of nitrogens with one attached hydrogen (secondary N) is 1. The van der Waals surface area contributed by atoms with Crippen LogP contribution in [0.5, 0.6) is 0 Å². The Morgan fingerprint density at radius 3 is 2.69 bits per heavy atom. The highest BCUT2D eigenvalue weighted by atomic mass is 16.5. The van der Waals surface area contributed by atoms with Crippen molar-refractivity contribution in [3.63, 3.8) is 0 Å². The monoisotopic (exact) mass is 396 g/mol. The lowest BCUT2D eigenvalue weighted by Gasteiger charge is -2.33. The normalized spacial score (nSPS) is 21.8. The second kappa shape index (κ2) is 7.43. The van der Waals surface area contributed by atoms with E-state index in [0.29, 0.717) is 32.1 Å². The highest BCUT2D eigenvalue weighted by Crippen LogP contribution is 2.37. The van der Waals surface area contributed by atoms with Crippen LogP contribution in [0.4, 0.5) is 17.7 Å². The third kappa shape index (κ3) is 3.44. The molecule has 2 fully saturated rings. The zero-order valence-corrected chi connectivity index (χ0v) is 16.2. The number of hydrogen-bond acceptors (Lipinski definition) is 9. The Bertz CT molecular complexity index is 913. The summed E-state index contributed by atoms with van der Waals surface area (Å²) in [4.78, 5) is 34.5. The molecule has 152 valence electrons. The first-order valence-electron chi connectivity index (χ1n) is 10.0. The van der Waals surface area contributed by atoms with E-state index in [2.05, 4.69) is 25.1 Å². The first-order chi connectivity index (χ1) is 14.2. The van der Waals surface area contributed by atoms with Gasteiger partial charge in [0.1, 0.15) is 5.82 Å². The van der Waals surface area contributed by atoms with Crippen LogP contribution in [0.15, 0.2) is 12.4 Å². The van der Waals surface area contributed by atoms with Gasteiger partial charge in [-0.15, -0.1) is 0 Å². The van der Waals surface area contributed by atoms with E-state index < -0.39 is 0 Å².